The molecule has 0 spiro atoms. The summed E-state index contributed by atoms with van der Waals surface area (Å²) in [5, 5.41) is 0. The van der Waals surface area contributed by atoms with E-state index in [4.69, 9.17) is 0 Å². The highest BCUT2D eigenvalue weighted by atomic mass is 127. The predicted octanol–water partition coefficient (Wildman–Crippen LogP) is 2.61. The van der Waals surface area contributed by atoms with Crippen LogP contribution in [0.4, 0.5) is 8.78 Å². The van der Waals surface area contributed by atoms with Crippen molar-refractivity contribution in [2.24, 2.45) is 5.41 Å². The molecule has 0 atom stereocenters. The molecule has 3 fully saturated rings. The van der Waals surface area contributed by atoms with Gasteiger partial charge in [-0.05, 0) is 19.3 Å². The van der Waals surface area contributed by atoms with Crippen molar-refractivity contribution in [1.82, 2.24) is 0 Å². The van der Waals surface area contributed by atoms with Gasteiger partial charge in [-0.15, -0.1) is 0 Å². The van der Waals surface area contributed by atoms with E-state index in [-0.39, 0.29) is 0 Å². The highest BCUT2D eigenvalue weighted by Gasteiger charge is 2.70. The van der Waals surface area contributed by atoms with Crippen LogP contribution >= 0.6 is 22.6 Å². The molecule has 0 heterocycles. The molecule has 0 aliphatic heterocycles. The van der Waals surface area contributed by atoms with E-state index in [1.165, 1.54) is 0 Å². The normalized spacial score (nSPS) is 54.7. The largest absolute Gasteiger partial charge is 0.244 e. The first-order valence-corrected chi connectivity index (χ1v) is 4.11. The standard InChI is InChI=1S/C6H7F2I/c7-4(8)5-1-6(9,2-5)3-5/h4H,1-3H2. The summed E-state index contributed by atoms with van der Waals surface area (Å²) >= 11 is 2.30. The molecule has 3 saturated carbocycles. The summed E-state index contributed by atoms with van der Waals surface area (Å²) in [6.07, 6.45) is 0.225. The molecular formula is C6H7F2I. The fourth-order valence-electron chi connectivity index (χ4n) is 1.97. The third-order valence-electron chi connectivity index (χ3n) is 2.47. The van der Waals surface area contributed by atoms with Gasteiger partial charge in [-0.2, -0.15) is 0 Å². The van der Waals surface area contributed by atoms with Gasteiger partial charge >= 0.3 is 0 Å². The second-order valence-corrected chi connectivity index (χ2v) is 5.63. The van der Waals surface area contributed by atoms with Crippen LogP contribution < -0.4 is 0 Å². The Morgan fingerprint density at radius 3 is 1.78 bits per heavy atom. The van der Waals surface area contributed by atoms with E-state index >= 15 is 0 Å². The summed E-state index contributed by atoms with van der Waals surface area (Å²) in [4.78, 5) is 0. The molecule has 9 heavy (non-hydrogen) atoms. The van der Waals surface area contributed by atoms with Gasteiger partial charge in [0, 0.05) is 8.84 Å². The lowest BCUT2D eigenvalue weighted by Gasteiger charge is -2.67. The van der Waals surface area contributed by atoms with Gasteiger partial charge in [-0.25, -0.2) is 8.78 Å². The predicted molar refractivity (Wildman–Crippen MR) is 39.0 cm³/mol. The quantitative estimate of drug-likeness (QED) is 0.491. The van der Waals surface area contributed by atoms with Crippen LogP contribution in [-0.2, 0) is 0 Å². The Kier molecular flexibility index (Phi) is 1.00. The zero-order valence-corrected chi connectivity index (χ0v) is 6.99. The summed E-state index contributed by atoms with van der Waals surface area (Å²) in [6.45, 7) is 0. The fourth-order valence-corrected chi connectivity index (χ4v) is 4.25. The molecule has 3 aliphatic rings. The van der Waals surface area contributed by atoms with Crippen molar-refractivity contribution in [3.8, 4) is 0 Å². The van der Waals surface area contributed by atoms with Gasteiger partial charge in [-0.3, -0.25) is 0 Å². The Labute approximate surface area is 66.1 Å². The van der Waals surface area contributed by atoms with Crippen LogP contribution in [0.15, 0.2) is 0 Å². The van der Waals surface area contributed by atoms with Crippen molar-refractivity contribution >= 4 is 22.6 Å². The summed E-state index contributed by atoms with van der Waals surface area (Å²) in [5.41, 5.74) is -0.513. The third kappa shape index (κ3) is 0.617. The molecule has 0 nitrogen and oxygen atoms in total. The number of hydrogen-bond acceptors (Lipinski definition) is 0. The molecule has 0 amide bonds. The number of alkyl halides is 3. The Morgan fingerprint density at radius 2 is 1.67 bits per heavy atom. The average molecular weight is 244 g/mol. The van der Waals surface area contributed by atoms with Crippen LogP contribution in [0.1, 0.15) is 19.3 Å². The molecule has 0 radical (unpaired) electrons. The molecule has 3 rings (SSSR count). The molecule has 2 bridgehead atoms. The number of rotatable bonds is 1. The lowest BCUT2D eigenvalue weighted by atomic mass is 9.44. The van der Waals surface area contributed by atoms with E-state index in [1.54, 1.807) is 0 Å². The highest BCUT2D eigenvalue weighted by molar-refractivity contribution is 14.1. The summed E-state index contributed by atoms with van der Waals surface area (Å²) in [6, 6.07) is 0. The van der Waals surface area contributed by atoms with Gasteiger partial charge in [0.05, 0.1) is 0 Å². The summed E-state index contributed by atoms with van der Waals surface area (Å²) < 4.78 is 24.4. The van der Waals surface area contributed by atoms with E-state index in [0.29, 0.717) is 3.42 Å². The smallest absolute Gasteiger partial charge is 0.210 e. The molecule has 0 aromatic rings. The van der Waals surface area contributed by atoms with Crippen LogP contribution in [0.5, 0.6) is 0 Å². The van der Waals surface area contributed by atoms with Gasteiger partial charge in [0.1, 0.15) is 0 Å². The molecule has 0 unspecified atom stereocenters. The Hall–Kier alpha value is 0.590. The second-order valence-electron chi connectivity index (χ2n) is 3.34. The monoisotopic (exact) mass is 244 g/mol. The third-order valence-corrected chi connectivity index (χ3v) is 3.61. The molecule has 52 valence electrons. The first-order chi connectivity index (χ1) is 4.06. The number of halogens is 3. The Bertz CT molecular complexity index is 135. The lowest BCUT2D eigenvalue weighted by molar-refractivity contribution is -0.170. The van der Waals surface area contributed by atoms with Crippen molar-refractivity contribution in [2.75, 3.05) is 0 Å². The van der Waals surface area contributed by atoms with Crippen LogP contribution in [0.2, 0.25) is 0 Å². The zero-order valence-electron chi connectivity index (χ0n) is 4.83. The maximum absolute atomic E-state index is 12.1. The van der Waals surface area contributed by atoms with Gasteiger partial charge in [0.2, 0.25) is 6.43 Å². The van der Waals surface area contributed by atoms with Crippen molar-refractivity contribution in [3.05, 3.63) is 0 Å². The SMILES string of the molecule is FC(F)C12CC(I)(C1)C2. The fraction of sp³-hybridized carbons (Fsp3) is 1.00. The van der Waals surface area contributed by atoms with E-state index in [0.717, 1.165) is 19.3 Å². The van der Waals surface area contributed by atoms with E-state index in [2.05, 4.69) is 22.6 Å². The lowest BCUT2D eigenvalue weighted by Crippen LogP contribution is -2.66. The van der Waals surface area contributed by atoms with E-state index < -0.39 is 11.8 Å². The topological polar surface area (TPSA) is 0 Å². The summed E-state index contributed by atoms with van der Waals surface area (Å²) in [5.74, 6) is 0. The number of hydrogen-bond donors (Lipinski definition) is 0. The van der Waals surface area contributed by atoms with Crippen molar-refractivity contribution in [1.29, 1.82) is 0 Å². The van der Waals surface area contributed by atoms with Crippen LogP contribution in [-0.4, -0.2) is 9.85 Å². The van der Waals surface area contributed by atoms with Gasteiger partial charge < -0.3 is 0 Å². The molecular weight excluding hydrogens is 237 g/mol. The van der Waals surface area contributed by atoms with Crippen molar-refractivity contribution < 1.29 is 8.78 Å². The highest BCUT2D eigenvalue weighted by Crippen LogP contribution is 2.74. The molecule has 0 aromatic heterocycles. The van der Waals surface area contributed by atoms with Gasteiger partial charge in [0.15, 0.2) is 0 Å². The molecule has 3 heteroatoms. The minimum atomic E-state index is -2.06. The maximum atomic E-state index is 12.1. The first kappa shape index (κ1) is 6.31. The Balaban J connectivity index is 2.04. The minimum absolute atomic E-state index is 0.300. The molecule has 0 saturated heterocycles. The molecule has 0 N–H and O–H groups in total. The van der Waals surface area contributed by atoms with Crippen molar-refractivity contribution in [3.63, 3.8) is 0 Å². The van der Waals surface area contributed by atoms with Gasteiger partial charge in [-0.1, -0.05) is 22.6 Å². The van der Waals surface area contributed by atoms with E-state index in [1.807, 2.05) is 0 Å². The second kappa shape index (κ2) is 1.43. The average Bonchev–Trinajstić information content (AvgIpc) is 1.54. The van der Waals surface area contributed by atoms with Crippen molar-refractivity contribution in [2.45, 2.75) is 29.1 Å². The van der Waals surface area contributed by atoms with Crippen LogP contribution in [0.3, 0.4) is 0 Å². The van der Waals surface area contributed by atoms with Crippen LogP contribution in [0, 0.1) is 5.41 Å². The summed E-state index contributed by atoms with van der Waals surface area (Å²) in [7, 11) is 0. The Morgan fingerprint density at radius 1 is 1.22 bits per heavy atom. The first-order valence-electron chi connectivity index (χ1n) is 3.04. The van der Waals surface area contributed by atoms with Crippen LogP contribution in [0.25, 0.3) is 0 Å². The maximum Gasteiger partial charge on any atom is 0.244 e. The molecule has 0 aromatic carbocycles. The zero-order chi connectivity index (χ0) is 6.70. The molecule has 3 aliphatic carbocycles. The van der Waals surface area contributed by atoms with Gasteiger partial charge in [0.25, 0.3) is 0 Å². The van der Waals surface area contributed by atoms with E-state index in [9.17, 15) is 8.78 Å². The minimum Gasteiger partial charge on any atom is -0.210 e.